The van der Waals surface area contributed by atoms with Crippen molar-refractivity contribution in [1.29, 1.82) is 0 Å². The van der Waals surface area contributed by atoms with E-state index in [0.717, 1.165) is 0 Å². The van der Waals surface area contributed by atoms with E-state index in [1.54, 1.807) is 24.3 Å². The second-order valence-corrected chi connectivity index (χ2v) is 8.00. The maximum absolute atomic E-state index is 13.0. The summed E-state index contributed by atoms with van der Waals surface area (Å²) in [6.45, 7) is 0.370. The first-order chi connectivity index (χ1) is 11.8. The normalized spacial score (nSPS) is 17.9. The summed E-state index contributed by atoms with van der Waals surface area (Å²) in [5, 5.41) is 0.451. The number of carbonyl (C=O) groups excluding carboxylic acids is 1. The number of halogens is 2. The highest BCUT2D eigenvalue weighted by atomic mass is 35.5. The molecule has 0 aromatic heterocycles. The first-order valence-electron chi connectivity index (χ1n) is 7.65. The van der Waals surface area contributed by atoms with E-state index in [-0.39, 0.29) is 11.7 Å². The van der Waals surface area contributed by atoms with Crippen LogP contribution in [0.15, 0.2) is 48.5 Å². The number of amides is 1. The number of anilines is 1. The van der Waals surface area contributed by atoms with Crippen molar-refractivity contribution in [1.82, 2.24) is 4.72 Å². The maximum Gasteiger partial charge on any atom is 0.245 e. The fourth-order valence-electron chi connectivity index (χ4n) is 2.77. The number of nitrogens with zero attached hydrogens (tertiary/aromatic N) is 1. The average molecular weight is 383 g/mol. The van der Waals surface area contributed by atoms with Crippen LogP contribution in [0.4, 0.5) is 10.1 Å². The summed E-state index contributed by atoms with van der Waals surface area (Å²) < 4.78 is 40.1. The van der Waals surface area contributed by atoms with Gasteiger partial charge in [0.05, 0.1) is 5.75 Å². The Hall–Kier alpha value is -1.96. The Morgan fingerprint density at radius 1 is 1.20 bits per heavy atom. The molecule has 132 valence electrons. The van der Waals surface area contributed by atoms with Crippen LogP contribution in [0.5, 0.6) is 0 Å². The highest BCUT2D eigenvalue weighted by Gasteiger charge is 2.35. The summed E-state index contributed by atoms with van der Waals surface area (Å²) in [5.41, 5.74) is 1.09. The number of hydrogen-bond donors (Lipinski definition) is 1. The van der Waals surface area contributed by atoms with E-state index in [1.807, 2.05) is 0 Å². The lowest BCUT2D eigenvalue weighted by Crippen LogP contribution is -2.42. The number of benzene rings is 2. The van der Waals surface area contributed by atoms with Gasteiger partial charge in [0.1, 0.15) is 11.9 Å². The van der Waals surface area contributed by atoms with Gasteiger partial charge < -0.3 is 4.90 Å². The molecule has 5 nitrogen and oxygen atoms in total. The molecule has 0 aliphatic carbocycles. The first-order valence-corrected chi connectivity index (χ1v) is 9.68. The van der Waals surface area contributed by atoms with Crippen LogP contribution in [0.1, 0.15) is 12.0 Å². The fraction of sp³-hybridized carbons (Fsp3) is 0.235. The van der Waals surface area contributed by atoms with Gasteiger partial charge in [0.15, 0.2) is 0 Å². The van der Waals surface area contributed by atoms with Gasteiger partial charge in [-0.3, -0.25) is 4.79 Å². The molecule has 1 unspecified atom stereocenters. The first kappa shape index (κ1) is 17.8. The monoisotopic (exact) mass is 382 g/mol. The summed E-state index contributed by atoms with van der Waals surface area (Å²) in [6.07, 6.45) is 0.352. The van der Waals surface area contributed by atoms with Crippen LogP contribution in [-0.4, -0.2) is 26.9 Å². The quantitative estimate of drug-likeness (QED) is 0.864. The molecular weight excluding hydrogens is 367 g/mol. The van der Waals surface area contributed by atoms with Crippen LogP contribution < -0.4 is 9.62 Å². The van der Waals surface area contributed by atoms with Crippen LogP contribution >= 0.6 is 11.6 Å². The second-order valence-electron chi connectivity index (χ2n) is 5.81. The molecule has 1 aliphatic heterocycles. The van der Waals surface area contributed by atoms with Crippen LogP contribution in [0.2, 0.25) is 5.02 Å². The topological polar surface area (TPSA) is 66.5 Å². The molecule has 8 heteroatoms. The lowest BCUT2D eigenvalue weighted by molar-refractivity contribution is -0.118. The Bertz CT molecular complexity index is 887. The van der Waals surface area contributed by atoms with Crippen molar-refractivity contribution in [2.45, 2.75) is 18.2 Å². The third kappa shape index (κ3) is 4.36. The van der Waals surface area contributed by atoms with Crippen LogP contribution in [-0.2, 0) is 20.6 Å². The van der Waals surface area contributed by atoms with Crippen LogP contribution in [0, 0.1) is 5.82 Å². The molecule has 1 amide bonds. The lowest BCUT2D eigenvalue weighted by atomic mass is 10.2. The predicted octanol–water partition coefficient (Wildman–Crippen LogP) is 2.70. The number of hydrogen-bond acceptors (Lipinski definition) is 3. The fourth-order valence-corrected chi connectivity index (χ4v) is 4.34. The Morgan fingerprint density at radius 2 is 1.92 bits per heavy atom. The van der Waals surface area contributed by atoms with Gasteiger partial charge in [-0.05, 0) is 48.4 Å². The van der Waals surface area contributed by atoms with E-state index in [1.165, 1.54) is 29.2 Å². The van der Waals surface area contributed by atoms with Gasteiger partial charge in [0, 0.05) is 17.3 Å². The number of sulfonamides is 1. The van der Waals surface area contributed by atoms with E-state index in [9.17, 15) is 17.6 Å². The van der Waals surface area contributed by atoms with Crippen LogP contribution in [0.25, 0.3) is 0 Å². The van der Waals surface area contributed by atoms with Crippen molar-refractivity contribution in [2.24, 2.45) is 0 Å². The molecule has 1 atom stereocenters. The Kier molecular flexibility index (Phi) is 5.08. The molecule has 2 aromatic carbocycles. The van der Waals surface area contributed by atoms with Gasteiger partial charge in [0.25, 0.3) is 0 Å². The van der Waals surface area contributed by atoms with Crippen molar-refractivity contribution >= 4 is 33.2 Å². The van der Waals surface area contributed by atoms with Gasteiger partial charge in [-0.2, -0.15) is 0 Å². The third-order valence-corrected chi connectivity index (χ3v) is 5.50. The highest BCUT2D eigenvalue weighted by Crippen LogP contribution is 2.22. The van der Waals surface area contributed by atoms with Crippen molar-refractivity contribution < 1.29 is 17.6 Å². The summed E-state index contributed by atoms with van der Waals surface area (Å²) in [4.78, 5) is 13.9. The van der Waals surface area contributed by atoms with Gasteiger partial charge in [-0.1, -0.05) is 23.7 Å². The number of carbonyl (C=O) groups is 1. The standard InChI is InChI=1S/C17H16ClFN2O3S/c18-13-3-1-2-12(10-13)11-25(23,24)20-16-8-9-21(17(16)22)15-6-4-14(19)5-7-15/h1-7,10,16,20H,8-9,11H2. The van der Waals surface area contributed by atoms with E-state index in [0.29, 0.717) is 29.2 Å². The van der Waals surface area contributed by atoms with E-state index < -0.39 is 21.9 Å². The molecule has 1 N–H and O–H groups in total. The zero-order valence-corrected chi connectivity index (χ0v) is 14.7. The average Bonchev–Trinajstić information content (AvgIpc) is 2.88. The molecule has 2 aromatic rings. The highest BCUT2D eigenvalue weighted by molar-refractivity contribution is 7.88. The van der Waals surface area contributed by atoms with Gasteiger partial charge in [-0.15, -0.1) is 0 Å². The Labute approximate surface area is 150 Å². The van der Waals surface area contributed by atoms with E-state index >= 15 is 0 Å². The SMILES string of the molecule is O=C1C(NS(=O)(=O)Cc2cccc(Cl)c2)CCN1c1ccc(F)cc1. The predicted molar refractivity (Wildman–Crippen MR) is 94.4 cm³/mol. The molecule has 0 saturated carbocycles. The maximum atomic E-state index is 13.0. The van der Waals surface area contributed by atoms with Gasteiger partial charge in [-0.25, -0.2) is 17.5 Å². The minimum Gasteiger partial charge on any atom is -0.311 e. The second kappa shape index (κ2) is 7.11. The molecule has 0 spiro atoms. The largest absolute Gasteiger partial charge is 0.311 e. The molecular formula is C17H16ClFN2O3S. The van der Waals surface area contributed by atoms with Crippen molar-refractivity contribution in [2.75, 3.05) is 11.4 Å². The van der Waals surface area contributed by atoms with Crippen molar-refractivity contribution in [3.63, 3.8) is 0 Å². The smallest absolute Gasteiger partial charge is 0.245 e. The zero-order chi connectivity index (χ0) is 18.0. The third-order valence-electron chi connectivity index (χ3n) is 3.91. The van der Waals surface area contributed by atoms with Crippen molar-refractivity contribution in [3.8, 4) is 0 Å². The molecule has 0 bridgehead atoms. The summed E-state index contributed by atoms with van der Waals surface area (Å²) in [5.74, 6) is -0.996. The van der Waals surface area contributed by atoms with E-state index in [2.05, 4.69) is 4.72 Å². The molecule has 1 saturated heterocycles. The van der Waals surface area contributed by atoms with Crippen molar-refractivity contribution in [3.05, 3.63) is 64.9 Å². The zero-order valence-electron chi connectivity index (χ0n) is 13.2. The number of rotatable bonds is 5. The summed E-state index contributed by atoms with van der Waals surface area (Å²) >= 11 is 5.86. The minimum absolute atomic E-state index is 0.256. The minimum atomic E-state index is -3.70. The lowest BCUT2D eigenvalue weighted by Gasteiger charge is -2.17. The molecule has 25 heavy (non-hydrogen) atoms. The molecule has 1 aliphatic rings. The van der Waals surface area contributed by atoms with Crippen LogP contribution in [0.3, 0.4) is 0 Å². The summed E-state index contributed by atoms with van der Waals surface area (Å²) in [7, 11) is -3.70. The summed E-state index contributed by atoms with van der Waals surface area (Å²) in [6, 6.07) is 11.3. The Morgan fingerprint density at radius 3 is 2.60 bits per heavy atom. The number of nitrogens with one attached hydrogen (secondary N) is 1. The van der Waals surface area contributed by atoms with Gasteiger partial charge in [0.2, 0.25) is 15.9 Å². The molecule has 0 radical (unpaired) electrons. The Balaban J connectivity index is 1.68. The molecule has 3 rings (SSSR count). The van der Waals surface area contributed by atoms with Gasteiger partial charge >= 0.3 is 0 Å². The molecule has 1 fully saturated rings. The molecule has 1 heterocycles. The van der Waals surface area contributed by atoms with E-state index in [4.69, 9.17) is 11.6 Å².